The lowest BCUT2D eigenvalue weighted by atomic mass is 10.0. The van der Waals surface area contributed by atoms with Gasteiger partial charge in [0.05, 0.1) is 0 Å². The molecule has 0 aliphatic carbocycles. The molecule has 1 heteroatoms. The van der Waals surface area contributed by atoms with E-state index in [1.165, 1.54) is 167 Å². The van der Waals surface area contributed by atoms with Gasteiger partial charge in [-0.25, -0.2) is 0 Å². The number of unbranched alkanes of at least 4 members (excludes halogenated alkanes) is 25. The molecular weight excluding hydrogens is 387 g/mol. The molecule has 0 bridgehead atoms. The van der Waals surface area contributed by atoms with Crippen molar-refractivity contribution in [1.82, 2.24) is 0 Å². The quantitative estimate of drug-likeness (QED) is 0.0861. The van der Waals surface area contributed by atoms with Crippen molar-refractivity contribution in [3.8, 4) is 0 Å². The topological polar surface area (TPSA) is 0 Å². The van der Waals surface area contributed by atoms with Crippen LogP contribution in [0.2, 0.25) is 16.9 Å². The molecule has 0 spiro atoms. The van der Waals surface area contributed by atoms with E-state index in [9.17, 15) is 0 Å². The number of rotatable bonds is 27. The normalized spacial score (nSPS) is 11.3. The van der Waals surface area contributed by atoms with Crippen LogP contribution in [-0.4, -0.2) is 14.1 Å². The van der Waals surface area contributed by atoms with Gasteiger partial charge in [-0.15, -0.1) is 11.6 Å². The zero-order valence-corrected chi connectivity index (χ0v) is 23.8. The highest BCUT2D eigenvalue weighted by Gasteiger charge is 2.00. The standard InChI is InChI=1S/C28H57.2CH3.Al/c1-3-5-7-9-11-13-15-17-19-21-23-25-27-28-26-24-22-20-18-16-14-12-10-8-6-4-2;;;/h1,3-28H2,2H3;2*1H3;. The maximum absolute atomic E-state index is 2.49. The van der Waals surface area contributed by atoms with Crippen molar-refractivity contribution < 1.29 is 0 Å². The van der Waals surface area contributed by atoms with Gasteiger partial charge in [-0.3, -0.25) is 0 Å². The molecule has 186 valence electrons. The molecular formula is C30H63Al. The van der Waals surface area contributed by atoms with Gasteiger partial charge >= 0.3 is 0 Å². The monoisotopic (exact) mass is 450 g/mol. The molecule has 0 saturated carbocycles. The van der Waals surface area contributed by atoms with Crippen LogP contribution in [0.1, 0.15) is 174 Å². The maximum Gasteiger partial charge on any atom is 0.255 e. The van der Waals surface area contributed by atoms with Gasteiger partial charge in [-0.2, -0.15) is 0 Å². The fourth-order valence-electron chi connectivity index (χ4n) is 4.87. The van der Waals surface area contributed by atoms with E-state index in [1.54, 1.807) is 5.28 Å². The van der Waals surface area contributed by atoms with Gasteiger partial charge in [0.25, 0.3) is 14.1 Å². The van der Waals surface area contributed by atoms with Gasteiger partial charge < -0.3 is 0 Å². The zero-order chi connectivity index (χ0) is 22.7. The van der Waals surface area contributed by atoms with E-state index in [0.717, 1.165) is 0 Å². The number of hydrogen-bond donors (Lipinski definition) is 0. The smallest absolute Gasteiger partial charge is 0.106 e. The summed E-state index contributed by atoms with van der Waals surface area (Å²) in [6.07, 6.45) is 38.7. The van der Waals surface area contributed by atoms with E-state index in [-0.39, 0.29) is 14.1 Å². The van der Waals surface area contributed by atoms with Crippen LogP contribution in [0.5, 0.6) is 0 Å². The highest BCUT2D eigenvalue weighted by atomic mass is 27.2. The Bertz CT molecular complexity index is 299. The van der Waals surface area contributed by atoms with E-state index in [1.807, 2.05) is 0 Å². The first-order valence-electron chi connectivity index (χ1n) is 15.3. The van der Waals surface area contributed by atoms with E-state index >= 15 is 0 Å². The van der Waals surface area contributed by atoms with Crippen molar-refractivity contribution in [3.05, 3.63) is 0 Å². The Morgan fingerprint density at radius 2 is 0.484 bits per heavy atom. The second-order valence-corrected chi connectivity index (χ2v) is 14.4. The summed E-state index contributed by atoms with van der Waals surface area (Å²) in [4.78, 5) is 0. The third-order valence-electron chi connectivity index (χ3n) is 7.14. The molecule has 31 heavy (non-hydrogen) atoms. The second kappa shape index (κ2) is 28.6. The fourth-order valence-corrected chi connectivity index (χ4v) is 5.97. The van der Waals surface area contributed by atoms with E-state index < -0.39 is 0 Å². The Morgan fingerprint density at radius 3 is 0.677 bits per heavy atom. The molecule has 0 rings (SSSR count). The summed E-state index contributed by atoms with van der Waals surface area (Å²) in [5, 5.41) is 1.57. The molecule has 0 aromatic heterocycles. The largest absolute Gasteiger partial charge is 0.255 e. The molecule has 0 fully saturated rings. The van der Waals surface area contributed by atoms with Crippen molar-refractivity contribution in [2.75, 3.05) is 0 Å². The van der Waals surface area contributed by atoms with Gasteiger partial charge in [-0.05, 0) is 0 Å². The Kier molecular flexibility index (Phi) is 29.1. The molecule has 0 aliphatic heterocycles. The van der Waals surface area contributed by atoms with Crippen LogP contribution >= 0.6 is 0 Å². The maximum atomic E-state index is 2.49. The van der Waals surface area contributed by atoms with Crippen LogP contribution in [0.25, 0.3) is 0 Å². The Hall–Kier alpha value is 0.532. The van der Waals surface area contributed by atoms with Crippen molar-refractivity contribution in [3.63, 3.8) is 0 Å². The predicted molar refractivity (Wildman–Crippen MR) is 148 cm³/mol. The Morgan fingerprint density at radius 1 is 0.290 bits per heavy atom. The lowest BCUT2D eigenvalue weighted by Crippen LogP contribution is -1.97. The van der Waals surface area contributed by atoms with Gasteiger partial charge in [0.1, 0.15) is 0 Å². The summed E-state index contributed by atoms with van der Waals surface area (Å²) < 4.78 is 0. The van der Waals surface area contributed by atoms with Crippen molar-refractivity contribution in [1.29, 1.82) is 0 Å². The van der Waals surface area contributed by atoms with Crippen LogP contribution in [0.15, 0.2) is 0 Å². The van der Waals surface area contributed by atoms with Crippen LogP contribution in [0.4, 0.5) is 0 Å². The van der Waals surface area contributed by atoms with E-state index in [0.29, 0.717) is 0 Å². The van der Waals surface area contributed by atoms with Crippen LogP contribution in [-0.2, 0) is 0 Å². The molecule has 0 aromatic rings. The minimum atomic E-state index is -0.275. The van der Waals surface area contributed by atoms with Crippen molar-refractivity contribution in [2.24, 2.45) is 0 Å². The van der Waals surface area contributed by atoms with E-state index in [4.69, 9.17) is 0 Å². The summed E-state index contributed by atoms with van der Waals surface area (Å²) in [6, 6.07) is 0. The molecule has 0 N–H and O–H groups in total. The molecule has 0 atom stereocenters. The Balaban J connectivity index is 2.99. The minimum Gasteiger partial charge on any atom is -0.106 e. The molecule has 0 aliphatic rings. The summed E-state index contributed by atoms with van der Waals surface area (Å²) in [5.41, 5.74) is 0. The third kappa shape index (κ3) is 30.5. The lowest BCUT2D eigenvalue weighted by Gasteiger charge is -2.04. The van der Waals surface area contributed by atoms with Crippen LogP contribution < -0.4 is 0 Å². The van der Waals surface area contributed by atoms with Gasteiger partial charge in [0, 0.05) is 0 Å². The molecule has 0 unspecified atom stereocenters. The van der Waals surface area contributed by atoms with Gasteiger partial charge in [0.2, 0.25) is 0 Å². The van der Waals surface area contributed by atoms with Gasteiger partial charge in [0.15, 0.2) is 0 Å². The van der Waals surface area contributed by atoms with Crippen molar-refractivity contribution in [2.45, 2.75) is 191 Å². The molecule has 0 nitrogen and oxygen atoms in total. The molecule has 0 saturated heterocycles. The predicted octanol–water partition coefficient (Wildman–Crippen LogP) is 11.9. The Labute approximate surface area is 204 Å². The molecule has 0 aromatic carbocycles. The van der Waals surface area contributed by atoms with Crippen molar-refractivity contribution >= 4 is 14.1 Å². The second-order valence-electron chi connectivity index (χ2n) is 11.0. The first-order valence-corrected chi connectivity index (χ1v) is 18.4. The average Bonchev–Trinajstić information content (AvgIpc) is 2.76. The molecule has 0 radical (unpaired) electrons. The minimum absolute atomic E-state index is 0.275. The van der Waals surface area contributed by atoms with Gasteiger partial charge in [-0.1, -0.05) is 179 Å². The molecule has 0 amide bonds. The number of hydrogen-bond acceptors (Lipinski definition) is 0. The summed E-state index contributed by atoms with van der Waals surface area (Å²) >= 11 is -0.275. The zero-order valence-electron chi connectivity index (χ0n) is 22.7. The summed E-state index contributed by atoms with van der Waals surface area (Å²) in [7, 11) is 0. The first kappa shape index (κ1) is 31.5. The van der Waals surface area contributed by atoms with Crippen LogP contribution in [0.3, 0.4) is 0 Å². The lowest BCUT2D eigenvalue weighted by molar-refractivity contribution is 0.516. The summed E-state index contributed by atoms with van der Waals surface area (Å²) in [6.45, 7) is 2.31. The first-order chi connectivity index (χ1) is 15.3. The SMILES string of the molecule is CCCCCCCCCCCCCCCCCCCCCCCCCCC[CH2][Al]([CH3])[CH3]. The highest BCUT2D eigenvalue weighted by molar-refractivity contribution is 6.55. The van der Waals surface area contributed by atoms with Crippen LogP contribution in [0, 0.1) is 0 Å². The molecule has 0 heterocycles. The summed E-state index contributed by atoms with van der Waals surface area (Å²) in [5.74, 6) is 4.97. The average molecular weight is 451 g/mol. The fraction of sp³-hybridized carbons (Fsp3) is 1.00. The third-order valence-corrected chi connectivity index (χ3v) is 8.70. The van der Waals surface area contributed by atoms with E-state index in [2.05, 4.69) is 18.5 Å². The highest BCUT2D eigenvalue weighted by Crippen LogP contribution is 2.16.